The standard InChI is InChI=1S/C28H28Cl2IN3O4/c1-16(21-11-9-19(30)14-23(21)32)34-26(17-5-7-18(29)8-6-17)28(38)33(13-3-2-4-25(35)36)24-12-10-20(31)15-22(24)27(34)37/h5-8,10,12,14-16,26H,2-4,9,11,13,32H2,1H3,(H,35,36). The van der Waals surface area contributed by atoms with Crippen molar-refractivity contribution in [3.63, 3.8) is 0 Å². The average molecular weight is 668 g/mol. The third-order valence-corrected chi connectivity index (χ3v) is 8.16. The van der Waals surface area contributed by atoms with E-state index < -0.39 is 18.1 Å². The van der Waals surface area contributed by atoms with Crippen molar-refractivity contribution in [2.45, 2.75) is 51.1 Å². The number of carbonyl (C=O) groups excluding carboxylic acids is 2. The highest BCUT2D eigenvalue weighted by Crippen LogP contribution is 2.40. The van der Waals surface area contributed by atoms with Gasteiger partial charge in [-0.05, 0) is 103 Å². The number of benzene rings is 2. The van der Waals surface area contributed by atoms with Crippen LogP contribution in [0, 0.1) is 3.57 Å². The molecule has 1 aliphatic heterocycles. The van der Waals surface area contributed by atoms with Gasteiger partial charge in [0.1, 0.15) is 6.04 Å². The molecule has 0 spiro atoms. The molecule has 2 atom stereocenters. The number of hydrogen-bond acceptors (Lipinski definition) is 4. The van der Waals surface area contributed by atoms with Crippen LogP contribution < -0.4 is 10.6 Å². The lowest BCUT2D eigenvalue weighted by atomic mass is 9.92. The maximum Gasteiger partial charge on any atom is 0.303 e. The van der Waals surface area contributed by atoms with E-state index >= 15 is 0 Å². The summed E-state index contributed by atoms with van der Waals surface area (Å²) in [6, 6.07) is 10.9. The molecule has 2 aliphatic rings. The van der Waals surface area contributed by atoms with E-state index in [9.17, 15) is 14.4 Å². The minimum Gasteiger partial charge on any atom is -0.481 e. The number of carbonyl (C=O) groups is 3. The van der Waals surface area contributed by atoms with Gasteiger partial charge in [0, 0.05) is 32.3 Å². The van der Waals surface area contributed by atoms with Crippen molar-refractivity contribution >= 4 is 69.3 Å². The average Bonchev–Trinajstić information content (AvgIpc) is 2.95. The third-order valence-electron chi connectivity index (χ3n) is 6.94. The van der Waals surface area contributed by atoms with E-state index in [4.69, 9.17) is 34.0 Å². The van der Waals surface area contributed by atoms with Gasteiger partial charge in [0.2, 0.25) is 0 Å². The number of rotatable bonds is 8. The van der Waals surface area contributed by atoms with E-state index in [2.05, 4.69) is 22.6 Å². The Morgan fingerprint density at radius 2 is 1.84 bits per heavy atom. The molecule has 38 heavy (non-hydrogen) atoms. The number of fused-ring (bicyclic) bond motifs is 1. The number of aliphatic carboxylic acids is 1. The van der Waals surface area contributed by atoms with Crippen LogP contribution in [0.1, 0.15) is 61.0 Å². The SMILES string of the molecule is CC(C1=C(N)C=C(Cl)CC1)N1C(=O)c2cc(I)ccc2N(CCCCC(=O)O)C(=O)C1c1ccc(Cl)cc1. The van der Waals surface area contributed by atoms with Crippen molar-refractivity contribution in [1.29, 1.82) is 0 Å². The number of anilines is 1. The molecular formula is C28H28Cl2IN3O4. The Hall–Kier alpha value is -2.56. The Kier molecular flexibility index (Phi) is 9.05. The Balaban J connectivity index is 1.86. The first-order chi connectivity index (χ1) is 18.1. The summed E-state index contributed by atoms with van der Waals surface area (Å²) in [6.07, 6.45) is 3.79. The van der Waals surface area contributed by atoms with Crippen LogP contribution >= 0.6 is 45.8 Å². The van der Waals surface area contributed by atoms with Crippen molar-refractivity contribution in [2.24, 2.45) is 5.73 Å². The van der Waals surface area contributed by atoms with Gasteiger partial charge in [0.05, 0.1) is 17.3 Å². The molecule has 2 unspecified atom stereocenters. The second kappa shape index (κ2) is 12.1. The predicted octanol–water partition coefficient (Wildman–Crippen LogP) is 6.25. The fraction of sp³-hybridized carbons (Fsp3) is 0.321. The van der Waals surface area contributed by atoms with Crippen LogP contribution in [-0.4, -0.2) is 40.4 Å². The number of unbranched alkanes of at least 4 members (excludes halogenated alkanes) is 1. The van der Waals surface area contributed by atoms with E-state index in [1.165, 1.54) is 0 Å². The lowest BCUT2D eigenvalue weighted by molar-refractivity contribution is -0.137. The molecule has 0 radical (unpaired) electrons. The van der Waals surface area contributed by atoms with Crippen molar-refractivity contribution in [3.05, 3.63) is 84.6 Å². The molecule has 1 aliphatic carbocycles. The Bertz CT molecular complexity index is 1330. The molecular weight excluding hydrogens is 640 g/mol. The zero-order chi connectivity index (χ0) is 27.6. The van der Waals surface area contributed by atoms with Crippen LogP contribution in [0.2, 0.25) is 5.02 Å². The van der Waals surface area contributed by atoms with E-state index in [0.717, 1.165) is 9.14 Å². The number of nitrogens with two attached hydrogens (primary N) is 1. The predicted molar refractivity (Wildman–Crippen MR) is 157 cm³/mol. The molecule has 3 N–H and O–H groups in total. The monoisotopic (exact) mass is 667 g/mol. The lowest BCUT2D eigenvalue weighted by Crippen LogP contribution is -2.47. The van der Waals surface area contributed by atoms with Crippen molar-refractivity contribution in [1.82, 2.24) is 4.90 Å². The van der Waals surface area contributed by atoms with Crippen LogP contribution in [-0.2, 0) is 9.59 Å². The largest absolute Gasteiger partial charge is 0.481 e. The normalized spacial score (nSPS) is 18.7. The van der Waals surface area contributed by atoms with Gasteiger partial charge in [0.25, 0.3) is 11.8 Å². The number of allylic oxidation sites excluding steroid dienone is 2. The summed E-state index contributed by atoms with van der Waals surface area (Å²) in [4.78, 5) is 43.0. The van der Waals surface area contributed by atoms with Gasteiger partial charge in [-0.3, -0.25) is 14.4 Å². The molecule has 4 rings (SSSR count). The zero-order valence-corrected chi connectivity index (χ0v) is 24.5. The molecule has 7 nitrogen and oxygen atoms in total. The van der Waals surface area contributed by atoms with E-state index in [1.807, 2.05) is 13.0 Å². The Morgan fingerprint density at radius 1 is 1.13 bits per heavy atom. The second-order valence-corrected chi connectivity index (χ2v) is 11.6. The minimum atomic E-state index is -0.944. The Labute approximate surface area is 245 Å². The number of carboxylic acids is 1. The first kappa shape index (κ1) is 28.4. The molecule has 0 fully saturated rings. The van der Waals surface area contributed by atoms with E-state index in [1.54, 1.807) is 52.3 Å². The zero-order valence-electron chi connectivity index (χ0n) is 20.8. The number of halogens is 3. The number of carboxylic acid groups (broad SMARTS) is 1. The first-order valence-corrected chi connectivity index (χ1v) is 14.2. The quantitative estimate of drug-likeness (QED) is 0.256. The fourth-order valence-corrected chi connectivity index (χ4v) is 5.86. The van der Waals surface area contributed by atoms with Gasteiger partial charge in [-0.1, -0.05) is 35.3 Å². The summed E-state index contributed by atoms with van der Waals surface area (Å²) in [7, 11) is 0. The van der Waals surface area contributed by atoms with Crippen molar-refractivity contribution in [2.75, 3.05) is 11.4 Å². The molecule has 10 heteroatoms. The van der Waals surface area contributed by atoms with Gasteiger partial charge in [-0.15, -0.1) is 0 Å². The number of nitrogens with zero attached hydrogens (tertiary/aromatic N) is 2. The second-order valence-electron chi connectivity index (χ2n) is 9.42. The topological polar surface area (TPSA) is 104 Å². The van der Waals surface area contributed by atoms with Crippen LogP contribution in [0.4, 0.5) is 5.69 Å². The minimum absolute atomic E-state index is 0.00773. The molecule has 0 bridgehead atoms. The third kappa shape index (κ3) is 6.02. The summed E-state index contributed by atoms with van der Waals surface area (Å²) in [5.41, 5.74) is 9.27. The summed E-state index contributed by atoms with van der Waals surface area (Å²) in [5.74, 6) is -1.44. The van der Waals surface area contributed by atoms with E-state index in [-0.39, 0.29) is 24.8 Å². The smallest absolute Gasteiger partial charge is 0.303 e. The molecule has 200 valence electrons. The molecule has 1 heterocycles. The molecule has 0 saturated carbocycles. The van der Waals surface area contributed by atoms with Crippen LogP contribution in [0.25, 0.3) is 0 Å². The van der Waals surface area contributed by atoms with Gasteiger partial charge >= 0.3 is 5.97 Å². The van der Waals surface area contributed by atoms with Crippen LogP contribution in [0.5, 0.6) is 0 Å². The summed E-state index contributed by atoms with van der Waals surface area (Å²) in [5, 5.41) is 10.2. The number of amides is 2. The summed E-state index contributed by atoms with van der Waals surface area (Å²) < 4.78 is 0.858. The van der Waals surface area contributed by atoms with Gasteiger partial charge in [-0.25, -0.2) is 0 Å². The molecule has 0 saturated heterocycles. The number of hydrogen-bond donors (Lipinski definition) is 2. The first-order valence-electron chi connectivity index (χ1n) is 12.3. The highest BCUT2D eigenvalue weighted by Gasteiger charge is 2.43. The van der Waals surface area contributed by atoms with Crippen molar-refractivity contribution in [3.8, 4) is 0 Å². The highest BCUT2D eigenvalue weighted by atomic mass is 127. The van der Waals surface area contributed by atoms with Crippen LogP contribution in [0.15, 0.2) is 64.8 Å². The molecule has 2 aromatic rings. The summed E-state index contributed by atoms with van der Waals surface area (Å²) in [6.45, 7) is 2.17. The van der Waals surface area contributed by atoms with Crippen LogP contribution in [0.3, 0.4) is 0 Å². The van der Waals surface area contributed by atoms with Gasteiger partial charge in [0.15, 0.2) is 0 Å². The lowest BCUT2D eigenvalue weighted by Gasteiger charge is -2.37. The summed E-state index contributed by atoms with van der Waals surface area (Å²) >= 11 is 14.5. The maximum absolute atomic E-state index is 14.4. The maximum atomic E-state index is 14.4. The van der Waals surface area contributed by atoms with E-state index in [0.29, 0.717) is 58.2 Å². The Morgan fingerprint density at radius 3 is 2.50 bits per heavy atom. The van der Waals surface area contributed by atoms with Crippen molar-refractivity contribution < 1.29 is 19.5 Å². The molecule has 0 aromatic heterocycles. The molecule has 2 amide bonds. The fourth-order valence-electron chi connectivity index (χ4n) is 5.03. The highest BCUT2D eigenvalue weighted by molar-refractivity contribution is 14.1. The molecule has 2 aromatic carbocycles. The van der Waals surface area contributed by atoms with Gasteiger partial charge in [-0.2, -0.15) is 0 Å². The van der Waals surface area contributed by atoms with Gasteiger partial charge < -0.3 is 20.6 Å².